The molecule has 0 radical (unpaired) electrons. The number of rotatable bonds is 5. The number of fused-ring (bicyclic) bond motifs is 1. The molecular formula is C20H22N2O3. The number of carbonyl (C=O) groups excluding carboxylic acids is 2. The molecule has 1 atom stereocenters. The van der Waals surface area contributed by atoms with E-state index in [1.54, 1.807) is 30.9 Å². The van der Waals surface area contributed by atoms with E-state index in [9.17, 15) is 9.59 Å². The van der Waals surface area contributed by atoms with Gasteiger partial charge in [0.15, 0.2) is 6.10 Å². The van der Waals surface area contributed by atoms with Crippen molar-refractivity contribution in [2.24, 2.45) is 0 Å². The molecule has 0 spiro atoms. The standard InChI is InChI=1S/C20H22N2O3/c1-3-19(23)21-16-9-10-17-18(13-16)25-14(2)20(24)22(17)12-11-15-7-5-4-6-8-15/h4-10,13-14H,3,11-12H2,1-2H3,(H,21,23). The molecule has 0 saturated heterocycles. The number of ether oxygens (including phenoxy) is 1. The third kappa shape index (κ3) is 3.82. The molecule has 0 bridgehead atoms. The molecule has 5 nitrogen and oxygen atoms in total. The lowest BCUT2D eigenvalue weighted by Gasteiger charge is -2.33. The van der Waals surface area contributed by atoms with E-state index in [0.29, 0.717) is 24.4 Å². The lowest BCUT2D eigenvalue weighted by Crippen LogP contribution is -2.45. The van der Waals surface area contributed by atoms with Crippen molar-refractivity contribution in [3.63, 3.8) is 0 Å². The molecule has 1 unspecified atom stereocenters. The van der Waals surface area contributed by atoms with E-state index >= 15 is 0 Å². The van der Waals surface area contributed by atoms with Gasteiger partial charge in [0, 0.05) is 24.7 Å². The number of anilines is 2. The fourth-order valence-electron chi connectivity index (χ4n) is 2.85. The third-order valence-electron chi connectivity index (χ3n) is 4.24. The maximum Gasteiger partial charge on any atom is 0.267 e. The largest absolute Gasteiger partial charge is 0.479 e. The van der Waals surface area contributed by atoms with Crippen LogP contribution in [0.3, 0.4) is 0 Å². The number of hydrogen-bond donors (Lipinski definition) is 1. The highest BCUT2D eigenvalue weighted by Crippen LogP contribution is 2.36. The summed E-state index contributed by atoms with van der Waals surface area (Å²) < 4.78 is 5.74. The van der Waals surface area contributed by atoms with Gasteiger partial charge < -0.3 is 15.0 Å². The smallest absolute Gasteiger partial charge is 0.267 e. The molecule has 1 aliphatic rings. The van der Waals surface area contributed by atoms with E-state index in [0.717, 1.165) is 12.1 Å². The summed E-state index contributed by atoms with van der Waals surface area (Å²) in [5.74, 6) is 0.517. The number of benzene rings is 2. The second-order valence-electron chi connectivity index (χ2n) is 6.07. The normalized spacial score (nSPS) is 16.2. The molecule has 25 heavy (non-hydrogen) atoms. The number of carbonyl (C=O) groups is 2. The van der Waals surface area contributed by atoms with Crippen molar-refractivity contribution in [3.05, 3.63) is 54.1 Å². The van der Waals surface area contributed by atoms with Gasteiger partial charge in [0.2, 0.25) is 5.91 Å². The van der Waals surface area contributed by atoms with Gasteiger partial charge in [0.05, 0.1) is 5.69 Å². The van der Waals surface area contributed by atoms with Crippen LogP contribution in [0.1, 0.15) is 25.8 Å². The highest BCUT2D eigenvalue weighted by atomic mass is 16.5. The molecule has 130 valence electrons. The predicted octanol–water partition coefficient (Wildman–Crippen LogP) is 3.39. The van der Waals surface area contributed by atoms with E-state index in [1.807, 2.05) is 24.3 Å². The van der Waals surface area contributed by atoms with Crippen LogP contribution in [0.15, 0.2) is 48.5 Å². The van der Waals surface area contributed by atoms with E-state index in [4.69, 9.17) is 4.74 Å². The summed E-state index contributed by atoms with van der Waals surface area (Å²) in [7, 11) is 0. The van der Waals surface area contributed by atoms with Gasteiger partial charge >= 0.3 is 0 Å². The summed E-state index contributed by atoms with van der Waals surface area (Å²) in [5, 5.41) is 2.82. The van der Waals surface area contributed by atoms with Gasteiger partial charge in [-0.3, -0.25) is 9.59 Å². The summed E-state index contributed by atoms with van der Waals surface area (Å²) in [4.78, 5) is 25.9. The van der Waals surface area contributed by atoms with E-state index in [-0.39, 0.29) is 11.8 Å². The predicted molar refractivity (Wildman–Crippen MR) is 98.0 cm³/mol. The molecule has 2 amide bonds. The van der Waals surface area contributed by atoms with Gasteiger partial charge in [0.1, 0.15) is 5.75 Å². The van der Waals surface area contributed by atoms with Crippen LogP contribution < -0.4 is 15.0 Å². The number of nitrogens with zero attached hydrogens (tertiary/aromatic N) is 1. The Morgan fingerprint density at radius 3 is 2.68 bits per heavy atom. The Bertz CT molecular complexity index is 774. The second kappa shape index (κ2) is 7.38. The van der Waals surface area contributed by atoms with E-state index in [1.165, 1.54) is 5.56 Å². The molecule has 0 saturated carbocycles. The third-order valence-corrected chi connectivity index (χ3v) is 4.24. The van der Waals surface area contributed by atoms with Gasteiger partial charge in [-0.25, -0.2) is 0 Å². The fraction of sp³-hybridized carbons (Fsp3) is 0.300. The average molecular weight is 338 g/mol. The summed E-state index contributed by atoms with van der Waals surface area (Å²) in [5.41, 5.74) is 2.60. The van der Waals surface area contributed by atoms with Crippen LogP contribution in [0.25, 0.3) is 0 Å². The molecule has 2 aromatic carbocycles. The maximum absolute atomic E-state index is 12.5. The van der Waals surface area contributed by atoms with Crippen molar-refractivity contribution in [2.45, 2.75) is 32.8 Å². The van der Waals surface area contributed by atoms with E-state index in [2.05, 4.69) is 17.4 Å². The molecule has 1 aliphatic heterocycles. The Hall–Kier alpha value is -2.82. The number of hydrogen-bond acceptors (Lipinski definition) is 3. The van der Waals surface area contributed by atoms with Crippen molar-refractivity contribution in [3.8, 4) is 5.75 Å². The van der Waals surface area contributed by atoms with Crippen molar-refractivity contribution in [2.75, 3.05) is 16.8 Å². The molecule has 0 aromatic heterocycles. The molecule has 5 heteroatoms. The summed E-state index contributed by atoms with van der Waals surface area (Å²) >= 11 is 0. The van der Waals surface area contributed by atoms with Gasteiger partial charge in [-0.1, -0.05) is 37.3 Å². The molecule has 0 aliphatic carbocycles. The van der Waals surface area contributed by atoms with Crippen LogP contribution in [0, 0.1) is 0 Å². The second-order valence-corrected chi connectivity index (χ2v) is 6.07. The Labute approximate surface area is 147 Å². The lowest BCUT2D eigenvalue weighted by molar-refractivity contribution is -0.125. The topological polar surface area (TPSA) is 58.6 Å². The highest BCUT2D eigenvalue weighted by molar-refractivity contribution is 6.00. The highest BCUT2D eigenvalue weighted by Gasteiger charge is 2.31. The molecule has 2 aromatic rings. The fourth-order valence-corrected chi connectivity index (χ4v) is 2.85. The van der Waals surface area contributed by atoms with Gasteiger partial charge in [-0.05, 0) is 31.0 Å². The van der Waals surface area contributed by atoms with Crippen LogP contribution in [-0.2, 0) is 16.0 Å². The Morgan fingerprint density at radius 2 is 1.96 bits per heavy atom. The first kappa shape index (κ1) is 17.0. The first-order valence-electron chi connectivity index (χ1n) is 8.54. The minimum Gasteiger partial charge on any atom is -0.479 e. The molecule has 1 heterocycles. The monoisotopic (exact) mass is 338 g/mol. The van der Waals surface area contributed by atoms with Crippen LogP contribution >= 0.6 is 0 Å². The van der Waals surface area contributed by atoms with E-state index < -0.39 is 6.10 Å². The maximum atomic E-state index is 12.5. The summed E-state index contributed by atoms with van der Waals surface area (Å²) in [6, 6.07) is 15.5. The first-order valence-corrected chi connectivity index (χ1v) is 8.54. The van der Waals surface area contributed by atoms with Crippen molar-refractivity contribution < 1.29 is 14.3 Å². The van der Waals surface area contributed by atoms with Gasteiger partial charge in [-0.15, -0.1) is 0 Å². The van der Waals surface area contributed by atoms with Crippen LogP contribution in [0.5, 0.6) is 5.75 Å². The molecule has 3 rings (SSSR count). The zero-order valence-electron chi connectivity index (χ0n) is 14.5. The molecule has 0 fully saturated rings. The van der Waals surface area contributed by atoms with Gasteiger partial charge in [-0.2, -0.15) is 0 Å². The Balaban J connectivity index is 1.82. The Kier molecular flexibility index (Phi) is 5.03. The Morgan fingerprint density at radius 1 is 1.20 bits per heavy atom. The zero-order valence-corrected chi connectivity index (χ0v) is 14.5. The average Bonchev–Trinajstić information content (AvgIpc) is 2.63. The van der Waals surface area contributed by atoms with Crippen LogP contribution in [0.4, 0.5) is 11.4 Å². The first-order chi connectivity index (χ1) is 12.1. The van der Waals surface area contributed by atoms with Crippen LogP contribution in [0.2, 0.25) is 0 Å². The summed E-state index contributed by atoms with van der Waals surface area (Å²) in [6.07, 6.45) is 0.642. The number of nitrogens with one attached hydrogen (secondary N) is 1. The van der Waals surface area contributed by atoms with Crippen molar-refractivity contribution >= 4 is 23.2 Å². The lowest BCUT2D eigenvalue weighted by atomic mass is 10.1. The minimum absolute atomic E-state index is 0.0474. The van der Waals surface area contributed by atoms with Gasteiger partial charge in [0.25, 0.3) is 5.91 Å². The number of amides is 2. The SMILES string of the molecule is CCC(=O)Nc1ccc2c(c1)OC(C)C(=O)N2CCc1ccccc1. The van der Waals surface area contributed by atoms with Crippen LogP contribution in [-0.4, -0.2) is 24.5 Å². The van der Waals surface area contributed by atoms with Crippen molar-refractivity contribution in [1.82, 2.24) is 0 Å². The zero-order chi connectivity index (χ0) is 17.8. The molecular weight excluding hydrogens is 316 g/mol. The minimum atomic E-state index is -0.541. The quantitative estimate of drug-likeness (QED) is 0.909. The summed E-state index contributed by atoms with van der Waals surface area (Å²) in [6.45, 7) is 4.14. The van der Waals surface area contributed by atoms with Crippen molar-refractivity contribution in [1.29, 1.82) is 0 Å². The molecule has 1 N–H and O–H groups in total.